The molecule has 3 aliphatic rings. The summed E-state index contributed by atoms with van der Waals surface area (Å²) in [5, 5.41) is 5.27. The van der Waals surface area contributed by atoms with Crippen molar-refractivity contribution in [3.63, 3.8) is 0 Å². The Balaban J connectivity index is 0.000000673. The highest BCUT2D eigenvalue weighted by molar-refractivity contribution is 5.95. The maximum absolute atomic E-state index is 14.2. The van der Waals surface area contributed by atoms with Gasteiger partial charge in [-0.05, 0) is 93.8 Å². The van der Waals surface area contributed by atoms with Crippen LogP contribution in [0.2, 0.25) is 0 Å². The lowest BCUT2D eigenvalue weighted by Gasteiger charge is -2.36. The number of fused-ring (bicyclic) bond motifs is 6. The minimum atomic E-state index is -1.08. The number of methoxy groups -OCH3 is 1. The van der Waals surface area contributed by atoms with Gasteiger partial charge in [0, 0.05) is 80.4 Å². The SMILES string of the molecule is C=CC(=O)N1CCCC1.CCn1c(-c2cccnc2C(C)OC)c2c3cc(ccc31)-c1nc(co1)CC(NC(=O)C(C(C)C)N(C)C=O)C(=O)N1CCC[C@H](N1)C(=O)OCC(C)(C)C2. The maximum atomic E-state index is 14.2. The fourth-order valence-electron chi connectivity index (χ4n) is 8.92. The number of pyridine rings is 1. The van der Waals surface area contributed by atoms with Crippen molar-refractivity contribution in [2.75, 3.05) is 40.4 Å². The molecule has 3 aromatic heterocycles. The number of cyclic esters (lactones) is 1. The molecule has 4 atom stereocenters. The number of carbonyl (C=O) groups is 5. The molecule has 7 rings (SSSR count). The van der Waals surface area contributed by atoms with Crippen LogP contribution >= 0.6 is 0 Å². The standard InChI is InChI=1S/C41H53N7O7.C7H11NO/c1-9-47-33-15-14-26-18-29(33)30(36(47)28-12-10-16-42-34(28)25(4)53-8)20-41(5,6)22-55-40(52)31-13-11-17-48(45-31)39(51)32(19-27-21-54-38(26)43-27)44-37(50)35(24(2)3)46(7)23-49;1-2-7(9)8-5-3-4-6-8/h10,12,14-16,18,21,23-25,31-32,35,45H,9,11,13,17,19-20,22H2,1-8H3,(H,44,50);2H,1,3-6H2/t25?,31-,32?,35?;/m0./s1. The first-order valence-electron chi connectivity index (χ1n) is 22.3. The second-order valence-electron chi connectivity index (χ2n) is 18.0. The van der Waals surface area contributed by atoms with Crippen LogP contribution in [0.5, 0.6) is 0 Å². The van der Waals surface area contributed by atoms with E-state index in [9.17, 15) is 24.0 Å². The molecule has 2 saturated heterocycles. The number of carbonyl (C=O) groups excluding carboxylic acids is 5. The predicted molar refractivity (Wildman–Crippen MR) is 242 cm³/mol. The van der Waals surface area contributed by atoms with Gasteiger partial charge in [-0.2, -0.15) is 0 Å². The van der Waals surface area contributed by atoms with Gasteiger partial charge in [-0.25, -0.2) is 10.4 Å². The van der Waals surface area contributed by atoms with Crippen molar-refractivity contribution >= 4 is 41.0 Å². The van der Waals surface area contributed by atoms with Gasteiger partial charge in [0.2, 0.25) is 24.1 Å². The van der Waals surface area contributed by atoms with E-state index < -0.39 is 41.3 Å². The number of oxazole rings is 1. The smallest absolute Gasteiger partial charge is 0.324 e. The number of hydrogen-bond acceptors (Lipinski definition) is 11. The molecular formula is C48H64N8O8. The first kappa shape index (κ1) is 47.6. The Kier molecular flexibility index (Phi) is 15.4. The number of rotatable bonds is 10. The average molecular weight is 881 g/mol. The van der Waals surface area contributed by atoms with E-state index in [0.29, 0.717) is 50.3 Å². The number of ether oxygens (including phenoxy) is 2. The molecule has 6 bridgehead atoms. The number of nitrogens with zero attached hydrogens (tertiary/aromatic N) is 6. The van der Waals surface area contributed by atoms with Crippen LogP contribution in [0.25, 0.3) is 33.6 Å². The van der Waals surface area contributed by atoms with Gasteiger partial charge in [0.15, 0.2) is 0 Å². The Bertz CT molecular complexity index is 2330. The molecule has 1 aromatic carbocycles. The van der Waals surface area contributed by atoms with E-state index in [2.05, 4.69) is 60.9 Å². The highest BCUT2D eigenvalue weighted by Gasteiger charge is 2.37. The topological polar surface area (TPSA) is 181 Å². The van der Waals surface area contributed by atoms with Crippen molar-refractivity contribution in [3.8, 4) is 22.7 Å². The van der Waals surface area contributed by atoms with Crippen LogP contribution in [0.4, 0.5) is 0 Å². The minimum absolute atomic E-state index is 0.0104. The average Bonchev–Trinajstić information content (AvgIpc) is 4.07. The van der Waals surface area contributed by atoms with Gasteiger partial charge in [0.1, 0.15) is 24.4 Å². The van der Waals surface area contributed by atoms with Gasteiger partial charge in [-0.3, -0.25) is 34.0 Å². The van der Waals surface area contributed by atoms with E-state index >= 15 is 0 Å². The van der Waals surface area contributed by atoms with Crippen molar-refractivity contribution in [2.45, 2.75) is 111 Å². The first-order chi connectivity index (χ1) is 30.6. The van der Waals surface area contributed by atoms with Crippen LogP contribution in [-0.4, -0.2) is 118 Å². The Morgan fingerprint density at radius 1 is 1.12 bits per heavy atom. The summed E-state index contributed by atoms with van der Waals surface area (Å²) in [5.41, 5.74) is 8.66. The van der Waals surface area contributed by atoms with Crippen LogP contribution in [0, 0.1) is 11.3 Å². The highest BCUT2D eigenvalue weighted by atomic mass is 16.5. The van der Waals surface area contributed by atoms with E-state index in [1.54, 1.807) is 13.3 Å². The number of esters is 1. The number of hydrogen-bond donors (Lipinski definition) is 2. The Hall–Kier alpha value is -5.87. The third-order valence-electron chi connectivity index (χ3n) is 12.2. The van der Waals surface area contributed by atoms with Crippen molar-refractivity contribution in [1.82, 2.24) is 40.1 Å². The summed E-state index contributed by atoms with van der Waals surface area (Å²) in [6.07, 6.45) is 8.90. The van der Waals surface area contributed by atoms with E-state index in [1.165, 1.54) is 29.3 Å². The number of aryl methyl sites for hydroxylation is 1. The second kappa shape index (κ2) is 20.8. The van der Waals surface area contributed by atoms with Gasteiger partial charge in [-0.1, -0.05) is 34.3 Å². The fraction of sp³-hybridized carbons (Fsp3) is 0.521. The number of nitrogens with one attached hydrogen (secondary N) is 2. The molecule has 344 valence electrons. The molecule has 0 saturated carbocycles. The van der Waals surface area contributed by atoms with Crippen molar-refractivity contribution < 1.29 is 37.9 Å². The molecule has 0 aliphatic carbocycles. The molecule has 6 heterocycles. The summed E-state index contributed by atoms with van der Waals surface area (Å²) < 4.78 is 20.2. The molecule has 4 amide bonds. The minimum Gasteiger partial charge on any atom is -0.464 e. The molecule has 16 nitrogen and oxygen atoms in total. The highest BCUT2D eigenvalue weighted by Crippen LogP contribution is 2.42. The third kappa shape index (κ3) is 10.6. The van der Waals surface area contributed by atoms with Crippen molar-refractivity contribution in [1.29, 1.82) is 0 Å². The lowest BCUT2D eigenvalue weighted by molar-refractivity contribution is -0.155. The fourth-order valence-corrected chi connectivity index (χ4v) is 8.92. The molecular weight excluding hydrogens is 817 g/mol. The molecule has 0 spiro atoms. The zero-order chi connectivity index (χ0) is 46.3. The first-order valence-corrected chi connectivity index (χ1v) is 22.3. The molecule has 16 heteroatoms. The van der Waals surface area contributed by atoms with Crippen LogP contribution in [0.1, 0.15) is 90.3 Å². The summed E-state index contributed by atoms with van der Waals surface area (Å²) in [6, 6.07) is 7.46. The zero-order valence-corrected chi connectivity index (χ0v) is 38.5. The number of hydrazine groups is 1. The Labute approximate surface area is 375 Å². The second-order valence-corrected chi connectivity index (χ2v) is 18.0. The van der Waals surface area contributed by atoms with Gasteiger partial charge in [0.05, 0.1) is 29.8 Å². The summed E-state index contributed by atoms with van der Waals surface area (Å²) >= 11 is 0. The van der Waals surface area contributed by atoms with E-state index in [1.807, 2.05) is 37.8 Å². The predicted octanol–water partition coefficient (Wildman–Crippen LogP) is 5.64. The van der Waals surface area contributed by atoms with E-state index in [4.69, 9.17) is 23.9 Å². The van der Waals surface area contributed by atoms with E-state index in [-0.39, 0.29) is 31.0 Å². The number of benzene rings is 1. The van der Waals surface area contributed by atoms with Gasteiger partial charge in [-0.15, -0.1) is 0 Å². The molecule has 0 radical (unpaired) electrons. The molecule has 2 fully saturated rings. The number of likely N-dealkylation sites (tertiary alicyclic amines) is 1. The zero-order valence-electron chi connectivity index (χ0n) is 38.5. The largest absolute Gasteiger partial charge is 0.464 e. The molecule has 3 aliphatic heterocycles. The molecule has 2 N–H and O–H groups in total. The lowest BCUT2D eigenvalue weighted by Crippen LogP contribution is -2.62. The Morgan fingerprint density at radius 3 is 2.55 bits per heavy atom. The monoisotopic (exact) mass is 880 g/mol. The van der Waals surface area contributed by atoms with Gasteiger partial charge < -0.3 is 33.6 Å². The summed E-state index contributed by atoms with van der Waals surface area (Å²) in [5.74, 6) is -1.15. The lowest BCUT2D eigenvalue weighted by atomic mass is 9.84. The Morgan fingerprint density at radius 2 is 1.88 bits per heavy atom. The van der Waals surface area contributed by atoms with Crippen molar-refractivity contribution in [2.24, 2.45) is 11.3 Å². The van der Waals surface area contributed by atoms with Crippen LogP contribution < -0.4 is 10.7 Å². The number of likely N-dealkylation sites (N-methyl/N-ethyl adjacent to an activating group) is 1. The van der Waals surface area contributed by atoms with Crippen molar-refractivity contribution in [3.05, 3.63) is 72.4 Å². The quantitative estimate of drug-likeness (QED) is 0.114. The van der Waals surface area contributed by atoms with Crippen LogP contribution in [-0.2, 0) is 52.8 Å². The molecule has 4 aromatic rings. The number of amides is 4. The third-order valence-corrected chi connectivity index (χ3v) is 12.2. The van der Waals surface area contributed by atoms with E-state index in [0.717, 1.165) is 64.9 Å². The molecule has 64 heavy (non-hydrogen) atoms. The summed E-state index contributed by atoms with van der Waals surface area (Å²) in [4.78, 5) is 76.8. The number of aromatic nitrogens is 3. The molecule has 3 unspecified atom stereocenters. The van der Waals surface area contributed by atoms with Crippen LogP contribution in [0.3, 0.4) is 0 Å². The van der Waals surface area contributed by atoms with Crippen LogP contribution in [0.15, 0.2) is 59.9 Å². The maximum Gasteiger partial charge on any atom is 0.324 e. The van der Waals surface area contributed by atoms with Gasteiger partial charge in [0.25, 0.3) is 5.91 Å². The summed E-state index contributed by atoms with van der Waals surface area (Å²) in [7, 11) is 3.21. The van der Waals surface area contributed by atoms with Gasteiger partial charge >= 0.3 is 5.97 Å². The normalized spacial score (nSPS) is 19.8. The summed E-state index contributed by atoms with van der Waals surface area (Å²) in [6.45, 7) is 18.3.